The number of nitrogens with zero attached hydrogens (tertiary/aromatic N) is 1. The second-order valence-corrected chi connectivity index (χ2v) is 12.1. The van der Waals surface area contributed by atoms with Gasteiger partial charge in [0.25, 0.3) is 15.9 Å². The number of para-hydroxylation sites is 2. The average molecular weight is 546 g/mol. The topological polar surface area (TPSA) is 131 Å². The third-order valence-corrected chi connectivity index (χ3v) is 8.94. The van der Waals surface area contributed by atoms with E-state index in [1.807, 2.05) is 0 Å². The van der Waals surface area contributed by atoms with Gasteiger partial charge in [-0.1, -0.05) is 30.3 Å². The van der Waals surface area contributed by atoms with Gasteiger partial charge >= 0.3 is 0 Å². The van der Waals surface area contributed by atoms with E-state index in [9.17, 15) is 21.6 Å². The zero-order chi connectivity index (χ0) is 26.8. The summed E-state index contributed by atoms with van der Waals surface area (Å²) in [5, 5.41) is 2.64. The van der Waals surface area contributed by atoms with Crippen molar-refractivity contribution in [1.82, 2.24) is 4.72 Å². The summed E-state index contributed by atoms with van der Waals surface area (Å²) in [4.78, 5) is 13.3. The number of nitrogens with one attached hydrogen (secondary N) is 2. The fraction of sp³-hybridized carbons (Fsp3) is 0.240. The van der Waals surface area contributed by atoms with Crippen molar-refractivity contribution in [3.63, 3.8) is 0 Å². The van der Waals surface area contributed by atoms with Crippen LogP contribution in [0, 0.1) is 0 Å². The highest BCUT2D eigenvalue weighted by atomic mass is 32.2. The third-order valence-electron chi connectivity index (χ3n) is 5.49. The molecule has 1 heterocycles. The second kappa shape index (κ2) is 10.4. The predicted molar refractivity (Wildman–Crippen MR) is 139 cm³/mol. The van der Waals surface area contributed by atoms with Crippen LogP contribution in [0.1, 0.15) is 13.8 Å². The number of benzene rings is 3. The Labute approximate surface area is 216 Å². The largest absolute Gasteiger partial charge is 0.495 e. The Morgan fingerprint density at radius 3 is 2.32 bits per heavy atom. The summed E-state index contributed by atoms with van der Waals surface area (Å²) in [5.74, 6) is -0.230. The van der Waals surface area contributed by atoms with Crippen LogP contribution in [0.25, 0.3) is 0 Å². The molecule has 1 atom stereocenters. The van der Waals surface area contributed by atoms with Crippen LogP contribution in [0.2, 0.25) is 0 Å². The molecular weight excluding hydrogens is 518 g/mol. The monoisotopic (exact) mass is 545 g/mol. The van der Waals surface area contributed by atoms with Crippen LogP contribution in [-0.2, 0) is 24.8 Å². The molecule has 0 radical (unpaired) electrons. The molecule has 0 unspecified atom stereocenters. The van der Waals surface area contributed by atoms with E-state index in [0.717, 1.165) is 4.31 Å². The maximum absolute atomic E-state index is 13.5. The van der Waals surface area contributed by atoms with E-state index >= 15 is 0 Å². The number of sulfonamides is 2. The van der Waals surface area contributed by atoms with Crippen molar-refractivity contribution < 1.29 is 31.1 Å². The number of ether oxygens (including phenoxy) is 2. The van der Waals surface area contributed by atoms with Crippen molar-refractivity contribution in [2.45, 2.75) is 35.8 Å². The standard InChI is InChI=1S/C25H27N3O7S2/c1-17(2)27-36(30,31)19-13-14-22(34-3)20(15-19)26-25(29)24-16-28(21-11-7-8-12-23(21)35-24)37(32,33)18-9-5-4-6-10-18/h4-15,17,24,27H,16H2,1-3H3,(H,26,29)/t24-/m0/s1. The number of carbonyl (C=O) groups is 1. The Morgan fingerprint density at radius 1 is 0.973 bits per heavy atom. The highest BCUT2D eigenvalue weighted by molar-refractivity contribution is 7.92. The normalized spacial score (nSPS) is 15.6. The summed E-state index contributed by atoms with van der Waals surface area (Å²) in [6.45, 7) is 3.09. The molecule has 0 spiro atoms. The molecule has 0 saturated heterocycles. The number of fused-ring (bicyclic) bond motifs is 1. The highest BCUT2D eigenvalue weighted by Crippen LogP contribution is 2.37. The van der Waals surface area contributed by atoms with E-state index in [1.165, 1.54) is 37.4 Å². The minimum absolute atomic E-state index is 0.0690. The van der Waals surface area contributed by atoms with Gasteiger partial charge in [0.2, 0.25) is 10.0 Å². The fourth-order valence-electron chi connectivity index (χ4n) is 3.83. The van der Waals surface area contributed by atoms with E-state index in [2.05, 4.69) is 10.0 Å². The maximum atomic E-state index is 13.5. The summed E-state index contributed by atoms with van der Waals surface area (Å²) in [6.07, 6.45) is -1.23. The van der Waals surface area contributed by atoms with Crippen LogP contribution in [0.15, 0.2) is 82.6 Å². The van der Waals surface area contributed by atoms with E-state index < -0.39 is 32.1 Å². The number of hydrogen-bond donors (Lipinski definition) is 2. The number of methoxy groups -OCH3 is 1. The fourth-order valence-corrected chi connectivity index (χ4v) is 6.60. The molecule has 1 aliphatic heterocycles. The summed E-state index contributed by atoms with van der Waals surface area (Å²) in [6, 6.07) is 18.1. The van der Waals surface area contributed by atoms with Gasteiger partial charge in [0.05, 0.1) is 34.8 Å². The zero-order valence-electron chi connectivity index (χ0n) is 20.4. The molecule has 0 aliphatic carbocycles. The highest BCUT2D eigenvalue weighted by Gasteiger charge is 2.37. The Bertz CT molecular complexity index is 1510. The summed E-state index contributed by atoms with van der Waals surface area (Å²) in [5.41, 5.74) is 0.403. The first-order chi connectivity index (χ1) is 17.5. The third kappa shape index (κ3) is 5.55. The van der Waals surface area contributed by atoms with Crippen molar-refractivity contribution in [2.24, 2.45) is 0 Å². The van der Waals surface area contributed by atoms with Crippen LogP contribution in [0.3, 0.4) is 0 Å². The van der Waals surface area contributed by atoms with E-state index in [4.69, 9.17) is 9.47 Å². The Hall–Kier alpha value is -3.61. The van der Waals surface area contributed by atoms with Gasteiger partial charge in [0.1, 0.15) is 11.5 Å². The minimum atomic E-state index is -4.00. The molecule has 12 heteroatoms. The maximum Gasteiger partial charge on any atom is 0.267 e. The van der Waals surface area contributed by atoms with Gasteiger partial charge in [-0.2, -0.15) is 0 Å². The molecule has 37 heavy (non-hydrogen) atoms. The van der Waals surface area contributed by atoms with Crippen molar-refractivity contribution in [3.8, 4) is 11.5 Å². The Morgan fingerprint density at radius 2 is 1.65 bits per heavy atom. The molecule has 10 nitrogen and oxygen atoms in total. The molecular formula is C25H27N3O7S2. The first kappa shape index (κ1) is 26.5. The molecule has 0 fully saturated rings. The summed E-state index contributed by atoms with van der Waals surface area (Å²) >= 11 is 0. The quantitative estimate of drug-likeness (QED) is 0.445. The van der Waals surface area contributed by atoms with E-state index in [-0.39, 0.29) is 39.6 Å². The number of hydrogen-bond acceptors (Lipinski definition) is 7. The lowest BCUT2D eigenvalue weighted by Crippen LogP contribution is -2.48. The molecule has 1 aliphatic rings. The molecule has 0 aromatic heterocycles. The number of rotatable bonds is 8. The van der Waals surface area contributed by atoms with Gasteiger partial charge in [-0.05, 0) is 56.3 Å². The lowest BCUT2D eigenvalue weighted by atomic mass is 10.2. The van der Waals surface area contributed by atoms with E-state index in [0.29, 0.717) is 5.69 Å². The molecule has 3 aromatic rings. The van der Waals surface area contributed by atoms with Crippen LogP contribution in [0.5, 0.6) is 11.5 Å². The number of anilines is 2. The molecule has 196 valence electrons. The molecule has 2 N–H and O–H groups in total. The smallest absolute Gasteiger partial charge is 0.267 e. The van der Waals surface area contributed by atoms with Crippen LogP contribution < -0.4 is 23.8 Å². The summed E-state index contributed by atoms with van der Waals surface area (Å²) in [7, 11) is -6.46. The average Bonchev–Trinajstić information content (AvgIpc) is 2.87. The molecule has 0 saturated carbocycles. The van der Waals surface area contributed by atoms with Gasteiger partial charge in [-0.3, -0.25) is 9.10 Å². The van der Waals surface area contributed by atoms with Crippen molar-refractivity contribution in [2.75, 3.05) is 23.3 Å². The zero-order valence-corrected chi connectivity index (χ0v) is 22.0. The van der Waals surface area contributed by atoms with E-state index in [1.54, 1.807) is 56.3 Å². The molecule has 1 amide bonds. The number of carbonyl (C=O) groups excluding carboxylic acids is 1. The summed E-state index contributed by atoms with van der Waals surface area (Å²) < 4.78 is 67.0. The van der Waals surface area contributed by atoms with Gasteiger partial charge in [0.15, 0.2) is 6.10 Å². The number of amides is 1. The lowest BCUT2D eigenvalue weighted by molar-refractivity contribution is -0.122. The Kier molecular flexibility index (Phi) is 7.44. The van der Waals surface area contributed by atoms with Crippen molar-refractivity contribution in [1.29, 1.82) is 0 Å². The second-order valence-electron chi connectivity index (χ2n) is 8.55. The van der Waals surface area contributed by atoms with Gasteiger partial charge in [-0.15, -0.1) is 0 Å². The van der Waals surface area contributed by atoms with Crippen LogP contribution >= 0.6 is 0 Å². The van der Waals surface area contributed by atoms with Crippen LogP contribution in [-0.4, -0.2) is 48.5 Å². The Balaban J connectivity index is 1.66. The minimum Gasteiger partial charge on any atom is -0.495 e. The molecule has 4 rings (SSSR count). The first-order valence-electron chi connectivity index (χ1n) is 11.4. The predicted octanol–water partition coefficient (Wildman–Crippen LogP) is 2.98. The SMILES string of the molecule is COc1ccc(S(=O)(=O)NC(C)C)cc1NC(=O)[C@@H]1CN(S(=O)(=O)c2ccccc2)c2ccccc2O1. The first-order valence-corrected chi connectivity index (χ1v) is 14.3. The van der Waals surface area contributed by atoms with Gasteiger partial charge in [0, 0.05) is 6.04 Å². The molecule has 3 aromatic carbocycles. The molecule has 0 bridgehead atoms. The van der Waals surface area contributed by atoms with Gasteiger partial charge in [-0.25, -0.2) is 21.6 Å². The van der Waals surface area contributed by atoms with Crippen molar-refractivity contribution in [3.05, 3.63) is 72.8 Å². The van der Waals surface area contributed by atoms with Crippen LogP contribution in [0.4, 0.5) is 11.4 Å². The lowest BCUT2D eigenvalue weighted by Gasteiger charge is -2.34. The van der Waals surface area contributed by atoms with Crippen molar-refractivity contribution >= 4 is 37.3 Å². The van der Waals surface area contributed by atoms with Gasteiger partial charge < -0.3 is 14.8 Å².